The highest BCUT2D eigenvalue weighted by atomic mass is 35.5. The van der Waals surface area contributed by atoms with Crippen molar-refractivity contribution in [3.63, 3.8) is 0 Å². The van der Waals surface area contributed by atoms with Crippen molar-refractivity contribution >= 4 is 34.6 Å². The van der Waals surface area contributed by atoms with Gasteiger partial charge >= 0.3 is 0 Å². The maximum Gasteiger partial charge on any atom is 0.186 e. The summed E-state index contributed by atoms with van der Waals surface area (Å²) in [5.41, 5.74) is 0.698. The zero-order valence-corrected chi connectivity index (χ0v) is 9.81. The van der Waals surface area contributed by atoms with Crippen LogP contribution in [0.25, 0.3) is 6.08 Å². The van der Waals surface area contributed by atoms with Gasteiger partial charge in [-0.15, -0.1) is 0 Å². The molecule has 0 unspecified atom stereocenters. The van der Waals surface area contributed by atoms with E-state index in [0.29, 0.717) is 16.3 Å². The van der Waals surface area contributed by atoms with E-state index in [0.717, 1.165) is 0 Å². The van der Waals surface area contributed by atoms with Crippen molar-refractivity contribution in [2.75, 3.05) is 5.75 Å². The zero-order valence-electron chi connectivity index (χ0n) is 8.24. The molecule has 0 atom stereocenters. The second kappa shape index (κ2) is 5.83. The first-order chi connectivity index (χ1) is 7.09. The van der Waals surface area contributed by atoms with Crippen LogP contribution in [0.4, 0.5) is 0 Å². The lowest BCUT2D eigenvalue weighted by Gasteiger charge is -1.98. The minimum atomic E-state index is 0.0833. The number of aromatic hydroxyl groups is 1. The number of hydrogen-bond donors (Lipinski definition) is 1. The van der Waals surface area contributed by atoms with Crippen LogP contribution in [-0.4, -0.2) is 16.0 Å². The Hall–Kier alpha value is -0.930. The average molecular weight is 243 g/mol. The summed E-state index contributed by atoms with van der Waals surface area (Å²) in [6.45, 7) is 1.53. The quantitative estimate of drug-likeness (QED) is 0.883. The van der Waals surface area contributed by atoms with E-state index in [1.807, 2.05) is 6.08 Å². The van der Waals surface area contributed by atoms with Gasteiger partial charge in [0, 0.05) is 23.3 Å². The van der Waals surface area contributed by atoms with Crippen LogP contribution in [-0.2, 0) is 4.79 Å². The van der Waals surface area contributed by atoms with E-state index in [-0.39, 0.29) is 10.9 Å². The van der Waals surface area contributed by atoms with E-state index in [2.05, 4.69) is 0 Å². The van der Waals surface area contributed by atoms with Crippen molar-refractivity contribution < 1.29 is 9.90 Å². The molecule has 15 heavy (non-hydrogen) atoms. The summed E-state index contributed by atoms with van der Waals surface area (Å²) < 4.78 is 0. The Kier molecular flexibility index (Phi) is 4.72. The van der Waals surface area contributed by atoms with Gasteiger partial charge in [-0.25, -0.2) is 0 Å². The Balaban J connectivity index is 2.60. The summed E-state index contributed by atoms with van der Waals surface area (Å²) in [4.78, 5) is 10.6. The summed E-state index contributed by atoms with van der Waals surface area (Å²) in [6.07, 6.45) is 3.59. The maximum absolute atomic E-state index is 10.6. The number of carbonyl (C=O) groups excluding carboxylic acids is 1. The topological polar surface area (TPSA) is 37.3 Å². The SMILES string of the molecule is CC(=O)SCC=Cc1ccc(Cl)cc1O. The summed E-state index contributed by atoms with van der Waals surface area (Å²) in [7, 11) is 0. The maximum atomic E-state index is 10.6. The van der Waals surface area contributed by atoms with Crippen molar-refractivity contribution in [2.45, 2.75) is 6.92 Å². The standard InChI is InChI=1S/C11H11ClO2S/c1-8(13)15-6-2-3-9-4-5-10(12)7-11(9)14/h2-5,7,14H,6H2,1H3. The Labute approximate surface area is 97.9 Å². The van der Waals surface area contributed by atoms with Crippen molar-refractivity contribution in [3.8, 4) is 5.75 Å². The second-order valence-electron chi connectivity index (χ2n) is 2.91. The van der Waals surface area contributed by atoms with Gasteiger partial charge in [0.15, 0.2) is 5.12 Å². The van der Waals surface area contributed by atoms with Crippen LogP contribution in [0, 0.1) is 0 Å². The molecule has 0 bridgehead atoms. The first kappa shape index (κ1) is 12.1. The second-order valence-corrected chi connectivity index (χ2v) is 4.54. The van der Waals surface area contributed by atoms with Gasteiger partial charge in [0.05, 0.1) is 0 Å². The highest BCUT2D eigenvalue weighted by Gasteiger charge is 1.97. The fourth-order valence-corrected chi connectivity index (χ4v) is 1.59. The Morgan fingerprint density at radius 3 is 2.93 bits per heavy atom. The molecule has 0 aliphatic carbocycles. The number of benzene rings is 1. The molecule has 1 N–H and O–H groups in total. The lowest BCUT2D eigenvalue weighted by molar-refractivity contribution is -0.109. The number of hydrogen-bond acceptors (Lipinski definition) is 3. The molecule has 0 aliphatic rings. The average Bonchev–Trinajstić information content (AvgIpc) is 2.14. The number of thioether (sulfide) groups is 1. The smallest absolute Gasteiger partial charge is 0.186 e. The van der Waals surface area contributed by atoms with Crippen LogP contribution >= 0.6 is 23.4 Å². The largest absolute Gasteiger partial charge is 0.507 e. The summed E-state index contributed by atoms with van der Waals surface area (Å²) >= 11 is 6.91. The van der Waals surface area contributed by atoms with Gasteiger partial charge in [-0.3, -0.25) is 4.79 Å². The predicted octanol–water partition coefficient (Wildman–Crippen LogP) is 3.34. The van der Waals surface area contributed by atoms with Gasteiger partial charge in [0.25, 0.3) is 0 Å². The number of halogens is 1. The third kappa shape index (κ3) is 4.40. The molecule has 0 amide bonds. The first-order valence-electron chi connectivity index (χ1n) is 4.38. The van der Waals surface area contributed by atoms with Crippen molar-refractivity contribution in [2.24, 2.45) is 0 Å². The number of phenols is 1. The van der Waals surface area contributed by atoms with E-state index in [1.54, 1.807) is 18.2 Å². The molecule has 0 heterocycles. The molecule has 0 spiro atoms. The molecule has 0 saturated heterocycles. The van der Waals surface area contributed by atoms with Gasteiger partial charge < -0.3 is 5.11 Å². The van der Waals surface area contributed by atoms with Gasteiger partial charge in [0.2, 0.25) is 0 Å². The molecule has 80 valence electrons. The molecule has 0 saturated carbocycles. The number of rotatable bonds is 3. The molecule has 0 fully saturated rings. The minimum absolute atomic E-state index is 0.0833. The van der Waals surface area contributed by atoms with E-state index in [9.17, 15) is 9.90 Å². The molecule has 1 aromatic carbocycles. The Morgan fingerprint density at radius 1 is 1.60 bits per heavy atom. The van der Waals surface area contributed by atoms with E-state index >= 15 is 0 Å². The van der Waals surface area contributed by atoms with Crippen molar-refractivity contribution in [3.05, 3.63) is 34.9 Å². The van der Waals surface area contributed by atoms with Crippen LogP contribution in [0.3, 0.4) is 0 Å². The molecular formula is C11H11ClO2S. The zero-order chi connectivity index (χ0) is 11.3. The summed E-state index contributed by atoms with van der Waals surface area (Å²) in [6, 6.07) is 4.92. The Bertz CT molecular complexity index is 388. The van der Waals surface area contributed by atoms with Gasteiger partial charge in [0.1, 0.15) is 5.75 Å². The van der Waals surface area contributed by atoms with Crippen LogP contribution in [0.5, 0.6) is 5.75 Å². The fraction of sp³-hybridized carbons (Fsp3) is 0.182. The number of phenolic OH excluding ortho intramolecular Hbond substituents is 1. The summed E-state index contributed by atoms with van der Waals surface area (Å²) in [5, 5.41) is 10.1. The normalized spacial score (nSPS) is 10.8. The highest BCUT2D eigenvalue weighted by Crippen LogP contribution is 2.23. The third-order valence-corrected chi connectivity index (χ3v) is 2.67. The third-order valence-electron chi connectivity index (χ3n) is 1.67. The van der Waals surface area contributed by atoms with E-state index < -0.39 is 0 Å². The molecule has 0 aliphatic heterocycles. The highest BCUT2D eigenvalue weighted by molar-refractivity contribution is 8.13. The summed E-state index contributed by atoms with van der Waals surface area (Å²) in [5.74, 6) is 0.754. The fourth-order valence-electron chi connectivity index (χ4n) is 0.998. The molecule has 0 radical (unpaired) electrons. The molecule has 0 aromatic heterocycles. The molecule has 1 aromatic rings. The Morgan fingerprint density at radius 2 is 2.33 bits per heavy atom. The van der Waals surface area contributed by atoms with Gasteiger partial charge in [-0.1, -0.05) is 35.5 Å². The van der Waals surface area contributed by atoms with Crippen molar-refractivity contribution in [1.29, 1.82) is 0 Å². The van der Waals surface area contributed by atoms with E-state index in [1.165, 1.54) is 24.8 Å². The van der Waals surface area contributed by atoms with Crippen LogP contribution in [0.2, 0.25) is 5.02 Å². The first-order valence-corrected chi connectivity index (χ1v) is 5.74. The lowest BCUT2D eigenvalue weighted by atomic mass is 10.2. The molecule has 2 nitrogen and oxygen atoms in total. The van der Waals surface area contributed by atoms with Crippen LogP contribution in [0.1, 0.15) is 12.5 Å². The lowest BCUT2D eigenvalue weighted by Crippen LogP contribution is -1.81. The minimum Gasteiger partial charge on any atom is -0.507 e. The molecule has 4 heteroatoms. The molecule has 1 rings (SSSR count). The van der Waals surface area contributed by atoms with Crippen LogP contribution < -0.4 is 0 Å². The van der Waals surface area contributed by atoms with Gasteiger partial charge in [-0.2, -0.15) is 0 Å². The monoisotopic (exact) mass is 242 g/mol. The van der Waals surface area contributed by atoms with Crippen LogP contribution in [0.15, 0.2) is 24.3 Å². The molecular weight excluding hydrogens is 232 g/mol. The van der Waals surface area contributed by atoms with Crippen molar-refractivity contribution in [1.82, 2.24) is 0 Å². The number of carbonyl (C=O) groups is 1. The predicted molar refractivity (Wildman–Crippen MR) is 65.3 cm³/mol. The van der Waals surface area contributed by atoms with Gasteiger partial charge in [-0.05, 0) is 18.2 Å². The van der Waals surface area contributed by atoms with E-state index in [4.69, 9.17) is 11.6 Å².